The van der Waals surface area contributed by atoms with Crippen molar-refractivity contribution >= 4 is 5.91 Å². The van der Waals surface area contributed by atoms with Gasteiger partial charge < -0.3 is 19.8 Å². The number of hydrogen-bond acceptors (Lipinski definition) is 4. The van der Waals surface area contributed by atoms with Crippen LogP contribution in [0.5, 0.6) is 0 Å². The summed E-state index contributed by atoms with van der Waals surface area (Å²) in [7, 11) is 2.18. The van der Waals surface area contributed by atoms with Crippen LogP contribution >= 0.6 is 0 Å². The molecule has 144 valence electrons. The van der Waals surface area contributed by atoms with Crippen LogP contribution in [-0.2, 0) is 11.2 Å². The van der Waals surface area contributed by atoms with Gasteiger partial charge in [-0.3, -0.25) is 4.79 Å². The molecule has 2 aliphatic heterocycles. The minimum Gasteiger partial charge on any atom is -0.396 e. The minimum atomic E-state index is 0.181. The van der Waals surface area contributed by atoms with Crippen LogP contribution in [0.3, 0.4) is 0 Å². The fourth-order valence-electron chi connectivity index (χ4n) is 4.22. The summed E-state index contributed by atoms with van der Waals surface area (Å²) in [4.78, 5) is 19.5. The van der Waals surface area contributed by atoms with Gasteiger partial charge in [-0.15, -0.1) is 0 Å². The first-order valence-electron chi connectivity index (χ1n) is 9.99. The maximum absolute atomic E-state index is 12.6. The molecular weight excluding hydrogens is 326 g/mol. The molecular formula is C21H33N3O2. The Morgan fingerprint density at radius 2 is 1.85 bits per heavy atom. The van der Waals surface area contributed by atoms with E-state index in [0.717, 1.165) is 45.7 Å². The molecule has 2 heterocycles. The van der Waals surface area contributed by atoms with Gasteiger partial charge in [-0.25, -0.2) is 0 Å². The Morgan fingerprint density at radius 3 is 2.62 bits per heavy atom. The Hall–Kier alpha value is -1.43. The number of nitrogens with zero attached hydrogens (tertiary/aromatic N) is 3. The number of hydrogen-bond donors (Lipinski definition) is 1. The molecule has 2 aliphatic rings. The molecule has 0 bridgehead atoms. The number of aliphatic hydroxyl groups excluding tert-OH is 1. The van der Waals surface area contributed by atoms with E-state index in [2.05, 4.69) is 29.0 Å². The zero-order chi connectivity index (χ0) is 18.4. The quantitative estimate of drug-likeness (QED) is 0.832. The van der Waals surface area contributed by atoms with Crippen molar-refractivity contribution in [1.29, 1.82) is 0 Å². The highest BCUT2D eigenvalue weighted by Gasteiger charge is 2.35. The van der Waals surface area contributed by atoms with E-state index in [9.17, 15) is 9.90 Å². The molecule has 26 heavy (non-hydrogen) atoms. The molecule has 0 radical (unpaired) electrons. The van der Waals surface area contributed by atoms with Crippen LogP contribution in [0.1, 0.15) is 18.4 Å². The normalized spacial score (nSPS) is 25.4. The molecule has 0 aromatic heterocycles. The summed E-state index contributed by atoms with van der Waals surface area (Å²) in [5.74, 6) is 0.839. The summed E-state index contributed by atoms with van der Waals surface area (Å²) in [5, 5.41) is 9.81. The van der Waals surface area contributed by atoms with Crippen LogP contribution in [0.25, 0.3) is 0 Å². The number of carbonyl (C=O) groups excluding carboxylic acids is 1. The second-order valence-electron chi connectivity index (χ2n) is 7.94. The van der Waals surface area contributed by atoms with Crippen molar-refractivity contribution in [3.05, 3.63) is 35.9 Å². The number of likely N-dealkylation sites (tertiary alicyclic amines) is 1. The maximum atomic E-state index is 12.6. The summed E-state index contributed by atoms with van der Waals surface area (Å²) in [6, 6.07) is 10.2. The second kappa shape index (κ2) is 9.49. The zero-order valence-electron chi connectivity index (χ0n) is 16.0. The van der Waals surface area contributed by atoms with Crippen LogP contribution in [0.4, 0.5) is 0 Å². The van der Waals surface area contributed by atoms with Crippen LogP contribution in [0.15, 0.2) is 30.3 Å². The van der Waals surface area contributed by atoms with Gasteiger partial charge >= 0.3 is 0 Å². The first kappa shape index (κ1) is 19.3. The molecule has 2 saturated heterocycles. The number of benzene rings is 1. The number of rotatable bonds is 6. The molecule has 5 heteroatoms. The van der Waals surface area contributed by atoms with Crippen molar-refractivity contribution in [2.24, 2.45) is 11.8 Å². The Labute approximate surface area is 157 Å². The molecule has 0 aliphatic carbocycles. The molecule has 3 rings (SSSR count). The van der Waals surface area contributed by atoms with Crippen LogP contribution in [0.2, 0.25) is 0 Å². The predicted molar refractivity (Wildman–Crippen MR) is 104 cm³/mol. The Balaban J connectivity index is 1.50. The van der Waals surface area contributed by atoms with E-state index in [1.54, 1.807) is 0 Å². The summed E-state index contributed by atoms with van der Waals surface area (Å²) >= 11 is 0. The lowest BCUT2D eigenvalue weighted by atomic mass is 9.96. The van der Waals surface area contributed by atoms with Gasteiger partial charge in [0.1, 0.15) is 0 Å². The third-order valence-electron chi connectivity index (χ3n) is 5.94. The maximum Gasteiger partial charge on any atom is 0.222 e. The van der Waals surface area contributed by atoms with Gasteiger partial charge in [0.05, 0.1) is 0 Å². The van der Waals surface area contributed by atoms with E-state index >= 15 is 0 Å². The topological polar surface area (TPSA) is 47.0 Å². The van der Waals surface area contributed by atoms with Crippen LogP contribution in [-0.4, -0.2) is 85.2 Å². The number of carbonyl (C=O) groups is 1. The average Bonchev–Trinajstić information content (AvgIpc) is 2.96. The molecule has 1 amide bonds. The highest BCUT2D eigenvalue weighted by atomic mass is 16.3. The highest BCUT2D eigenvalue weighted by molar-refractivity contribution is 5.76. The lowest BCUT2D eigenvalue weighted by Gasteiger charge is -2.26. The zero-order valence-corrected chi connectivity index (χ0v) is 16.0. The van der Waals surface area contributed by atoms with Crippen molar-refractivity contribution in [1.82, 2.24) is 14.7 Å². The molecule has 0 spiro atoms. The van der Waals surface area contributed by atoms with Gasteiger partial charge in [-0.2, -0.15) is 0 Å². The van der Waals surface area contributed by atoms with Gasteiger partial charge in [0.25, 0.3) is 0 Å². The van der Waals surface area contributed by atoms with Crippen LogP contribution < -0.4 is 0 Å². The third-order valence-corrected chi connectivity index (χ3v) is 5.94. The molecule has 1 aromatic rings. The molecule has 5 nitrogen and oxygen atoms in total. The molecule has 2 atom stereocenters. The highest BCUT2D eigenvalue weighted by Crippen LogP contribution is 2.25. The first-order valence-corrected chi connectivity index (χ1v) is 9.99. The van der Waals surface area contributed by atoms with E-state index in [-0.39, 0.29) is 18.4 Å². The van der Waals surface area contributed by atoms with Crippen molar-refractivity contribution in [3.8, 4) is 0 Å². The Kier molecular flexibility index (Phi) is 7.06. The van der Waals surface area contributed by atoms with Crippen molar-refractivity contribution < 1.29 is 9.90 Å². The van der Waals surface area contributed by atoms with E-state index < -0.39 is 0 Å². The standard InChI is InChI=1S/C21H33N3O2/c1-22-10-5-11-23(13-12-22)14-19-15-24(16-20(19)17-25)21(26)9-8-18-6-3-2-4-7-18/h2-4,6-7,19-20,25H,5,8-17H2,1H3. The lowest BCUT2D eigenvalue weighted by molar-refractivity contribution is -0.130. The number of aryl methyl sites for hydroxylation is 1. The van der Waals surface area contributed by atoms with Gasteiger partial charge in [0, 0.05) is 51.7 Å². The van der Waals surface area contributed by atoms with Gasteiger partial charge in [-0.1, -0.05) is 30.3 Å². The van der Waals surface area contributed by atoms with Gasteiger partial charge in [0.15, 0.2) is 0 Å². The fraction of sp³-hybridized carbons (Fsp3) is 0.667. The van der Waals surface area contributed by atoms with Gasteiger partial charge in [-0.05, 0) is 44.5 Å². The number of amides is 1. The fourth-order valence-corrected chi connectivity index (χ4v) is 4.22. The summed E-state index contributed by atoms with van der Waals surface area (Å²) in [5.41, 5.74) is 1.21. The molecule has 1 N–H and O–H groups in total. The van der Waals surface area contributed by atoms with Crippen molar-refractivity contribution in [2.45, 2.75) is 19.3 Å². The smallest absolute Gasteiger partial charge is 0.222 e. The van der Waals surface area contributed by atoms with Crippen molar-refractivity contribution in [3.63, 3.8) is 0 Å². The predicted octanol–water partition coefficient (Wildman–Crippen LogP) is 1.32. The molecule has 1 aromatic carbocycles. The first-order chi connectivity index (χ1) is 12.7. The summed E-state index contributed by atoms with van der Waals surface area (Å²) in [6.07, 6.45) is 2.55. The SMILES string of the molecule is CN1CCCN(CC2CN(C(=O)CCc3ccccc3)CC2CO)CC1. The third kappa shape index (κ3) is 5.29. The van der Waals surface area contributed by atoms with E-state index in [0.29, 0.717) is 18.9 Å². The van der Waals surface area contributed by atoms with E-state index in [1.165, 1.54) is 12.0 Å². The Morgan fingerprint density at radius 1 is 1.08 bits per heavy atom. The number of aliphatic hydroxyl groups is 1. The monoisotopic (exact) mass is 359 g/mol. The average molecular weight is 360 g/mol. The molecule has 2 fully saturated rings. The second-order valence-corrected chi connectivity index (χ2v) is 7.94. The Bertz CT molecular complexity index is 566. The molecule has 2 unspecified atom stereocenters. The lowest BCUT2D eigenvalue weighted by Crippen LogP contribution is -2.36. The summed E-state index contributed by atoms with van der Waals surface area (Å²) < 4.78 is 0. The van der Waals surface area contributed by atoms with Crippen LogP contribution in [0, 0.1) is 11.8 Å². The van der Waals surface area contributed by atoms with E-state index in [4.69, 9.17) is 0 Å². The van der Waals surface area contributed by atoms with Gasteiger partial charge in [0.2, 0.25) is 5.91 Å². The van der Waals surface area contributed by atoms with Crippen molar-refractivity contribution in [2.75, 3.05) is 59.5 Å². The number of likely N-dealkylation sites (N-methyl/N-ethyl adjacent to an activating group) is 1. The largest absolute Gasteiger partial charge is 0.396 e. The summed E-state index contributed by atoms with van der Waals surface area (Å²) in [6.45, 7) is 7.18. The van der Waals surface area contributed by atoms with E-state index in [1.807, 2.05) is 23.1 Å². The molecule has 0 saturated carbocycles. The minimum absolute atomic E-state index is 0.181.